The van der Waals surface area contributed by atoms with Crippen molar-refractivity contribution in [1.29, 1.82) is 0 Å². The van der Waals surface area contributed by atoms with Gasteiger partial charge in [-0.15, -0.1) is 0 Å². The van der Waals surface area contributed by atoms with Gasteiger partial charge in [-0.1, -0.05) is 6.42 Å². The topological polar surface area (TPSA) is 61.7 Å². The quantitative estimate of drug-likeness (QED) is 0.778. The van der Waals surface area contributed by atoms with Crippen molar-refractivity contribution in [2.24, 2.45) is 5.92 Å². The third-order valence-electron chi connectivity index (χ3n) is 6.83. The Kier molecular flexibility index (Phi) is 5.29. The van der Waals surface area contributed by atoms with Gasteiger partial charge in [0.05, 0.1) is 11.6 Å². The number of amides is 2. The van der Waals surface area contributed by atoms with E-state index in [0.717, 1.165) is 44.3 Å². The van der Waals surface area contributed by atoms with Crippen LogP contribution in [0.3, 0.4) is 0 Å². The molecule has 7 nitrogen and oxygen atoms in total. The van der Waals surface area contributed by atoms with Gasteiger partial charge in [0.25, 0.3) is 5.91 Å². The van der Waals surface area contributed by atoms with Crippen molar-refractivity contribution in [3.05, 3.63) is 48.3 Å². The molecule has 2 saturated heterocycles. The average Bonchev–Trinajstić information content (AvgIpc) is 3.12. The van der Waals surface area contributed by atoms with Crippen molar-refractivity contribution in [3.63, 3.8) is 0 Å². The van der Waals surface area contributed by atoms with Crippen molar-refractivity contribution in [3.8, 4) is 5.69 Å². The number of likely N-dealkylation sites (tertiary alicyclic amines) is 1. The molecule has 1 aliphatic carbocycles. The molecule has 0 radical (unpaired) electrons. The van der Waals surface area contributed by atoms with Gasteiger partial charge in [-0.2, -0.15) is 5.10 Å². The summed E-state index contributed by atoms with van der Waals surface area (Å²) in [6, 6.07) is 10.1. The Labute approximate surface area is 177 Å². The van der Waals surface area contributed by atoms with Crippen LogP contribution >= 0.6 is 0 Å². The van der Waals surface area contributed by atoms with Gasteiger partial charge in [0.15, 0.2) is 0 Å². The van der Waals surface area contributed by atoms with E-state index in [1.165, 1.54) is 19.3 Å². The molecule has 0 atom stereocenters. The first-order chi connectivity index (χ1) is 14.7. The fourth-order valence-electron chi connectivity index (χ4n) is 4.69. The van der Waals surface area contributed by atoms with Crippen LogP contribution in [0.5, 0.6) is 0 Å². The van der Waals surface area contributed by atoms with Crippen LogP contribution in [-0.2, 0) is 4.79 Å². The number of hydrogen-bond acceptors (Lipinski definition) is 4. The number of hydrogen-bond donors (Lipinski definition) is 0. The summed E-state index contributed by atoms with van der Waals surface area (Å²) in [7, 11) is 0. The average molecular weight is 408 g/mol. The number of rotatable bonds is 4. The molecule has 2 aliphatic heterocycles. The molecule has 3 fully saturated rings. The normalized spacial score (nSPS) is 21.1. The molecule has 0 unspecified atom stereocenters. The smallest absolute Gasteiger partial charge is 0.253 e. The summed E-state index contributed by atoms with van der Waals surface area (Å²) in [5.74, 6) is 0.175. The number of nitrogens with zero attached hydrogens (tertiary/aromatic N) is 5. The summed E-state index contributed by atoms with van der Waals surface area (Å²) in [6.45, 7) is 4.84. The predicted molar refractivity (Wildman–Crippen MR) is 113 cm³/mol. The fraction of sp³-hybridized carbons (Fsp3) is 0.522. The standard InChI is InChI=1S/C23H29N5O2/c29-22(18-6-8-21(9-7-18)28-13-2-10-24-28)27-16-19(17-27)23(30)26-12-3-11-25(14-15-26)20-4-1-5-20/h2,6-10,13,19-20H,1,3-5,11-12,14-17H2. The minimum absolute atomic E-state index is 0.00177. The molecule has 3 heterocycles. The van der Waals surface area contributed by atoms with E-state index in [0.29, 0.717) is 18.7 Å². The Morgan fingerprint density at radius 3 is 2.37 bits per heavy atom. The number of aromatic nitrogens is 2. The maximum absolute atomic E-state index is 12.9. The van der Waals surface area contributed by atoms with Gasteiger partial charge in [-0.05, 0) is 49.6 Å². The first-order valence-corrected chi connectivity index (χ1v) is 11.1. The van der Waals surface area contributed by atoms with E-state index in [1.54, 1.807) is 15.8 Å². The van der Waals surface area contributed by atoms with E-state index >= 15 is 0 Å². The Balaban J connectivity index is 1.13. The van der Waals surface area contributed by atoms with Crippen molar-refractivity contribution >= 4 is 11.8 Å². The zero-order valence-electron chi connectivity index (χ0n) is 17.3. The second-order valence-electron chi connectivity index (χ2n) is 8.70. The minimum Gasteiger partial charge on any atom is -0.341 e. The lowest BCUT2D eigenvalue weighted by Crippen LogP contribution is -2.56. The van der Waals surface area contributed by atoms with Crippen LogP contribution in [0.2, 0.25) is 0 Å². The van der Waals surface area contributed by atoms with Crippen LogP contribution in [0.15, 0.2) is 42.7 Å². The predicted octanol–water partition coefficient (Wildman–Crippen LogP) is 2.03. The first-order valence-electron chi connectivity index (χ1n) is 11.1. The molecule has 1 saturated carbocycles. The molecule has 5 rings (SSSR count). The van der Waals surface area contributed by atoms with Gasteiger partial charge in [-0.3, -0.25) is 14.5 Å². The zero-order valence-corrected chi connectivity index (χ0v) is 17.3. The second-order valence-corrected chi connectivity index (χ2v) is 8.70. The van der Waals surface area contributed by atoms with Gasteiger partial charge >= 0.3 is 0 Å². The highest BCUT2D eigenvalue weighted by Gasteiger charge is 2.39. The summed E-state index contributed by atoms with van der Waals surface area (Å²) in [6.07, 6.45) is 8.64. The first kappa shape index (κ1) is 19.3. The highest BCUT2D eigenvalue weighted by Crippen LogP contribution is 2.27. The van der Waals surface area contributed by atoms with E-state index in [4.69, 9.17) is 0 Å². The highest BCUT2D eigenvalue weighted by atomic mass is 16.2. The van der Waals surface area contributed by atoms with Gasteiger partial charge in [0.2, 0.25) is 5.91 Å². The monoisotopic (exact) mass is 407 g/mol. The second kappa shape index (κ2) is 8.22. The van der Waals surface area contributed by atoms with Crippen LogP contribution in [0.25, 0.3) is 5.69 Å². The van der Waals surface area contributed by atoms with Crippen LogP contribution in [0.1, 0.15) is 36.0 Å². The molecule has 2 amide bonds. The maximum Gasteiger partial charge on any atom is 0.253 e. The van der Waals surface area contributed by atoms with Gasteiger partial charge in [0.1, 0.15) is 0 Å². The summed E-state index contributed by atoms with van der Waals surface area (Å²) < 4.78 is 1.76. The Morgan fingerprint density at radius 2 is 1.70 bits per heavy atom. The Hall–Kier alpha value is -2.67. The van der Waals surface area contributed by atoms with E-state index < -0.39 is 0 Å². The van der Waals surface area contributed by atoms with Crippen LogP contribution in [-0.4, -0.2) is 81.6 Å². The van der Waals surface area contributed by atoms with E-state index in [-0.39, 0.29) is 17.7 Å². The lowest BCUT2D eigenvalue weighted by atomic mass is 9.91. The van der Waals surface area contributed by atoms with E-state index in [9.17, 15) is 9.59 Å². The van der Waals surface area contributed by atoms with E-state index in [1.807, 2.05) is 41.4 Å². The zero-order chi connectivity index (χ0) is 20.5. The van der Waals surface area contributed by atoms with Crippen LogP contribution in [0, 0.1) is 5.92 Å². The maximum atomic E-state index is 12.9. The molecule has 1 aromatic heterocycles. The summed E-state index contributed by atoms with van der Waals surface area (Å²) in [5.41, 5.74) is 1.58. The molecule has 2 aromatic rings. The summed E-state index contributed by atoms with van der Waals surface area (Å²) >= 11 is 0. The van der Waals surface area contributed by atoms with Crippen molar-refractivity contribution in [2.45, 2.75) is 31.7 Å². The molecule has 3 aliphatic rings. The SMILES string of the molecule is O=C(c1ccc(-n2cccn2)cc1)N1CC(C(=O)N2CCCN(C3CCC3)CC2)C1. The molecule has 7 heteroatoms. The summed E-state index contributed by atoms with van der Waals surface area (Å²) in [5, 5.41) is 4.20. The Bertz CT molecular complexity index is 885. The lowest BCUT2D eigenvalue weighted by Gasteiger charge is -2.40. The largest absolute Gasteiger partial charge is 0.341 e. The molecule has 0 spiro atoms. The highest BCUT2D eigenvalue weighted by molar-refractivity contribution is 5.96. The Morgan fingerprint density at radius 1 is 0.900 bits per heavy atom. The van der Waals surface area contributed by atoms with Gasteiger partial charge in [-0.25, -0.2) is 4.68 Å². The number of carbonyl (C=O) groups is 2. The molecule has 1 aromatic carbocycles. The molecular formula is C23H29N5O2. The van der Waals surface area contributed by atoms with Gasteiger partial charge < -0.3 is 9.80 Å². The molecule has 30 heavy (non-hydrogen) atoms. The third-order valence-corrected chi connectivity index (χ3v) is 6.83. The number of carbonyl (C=O) groups excluding carboxylic acids is 2. The molecule has 158 valence electrons. The molecule has 0 bridgehead atoms. The third kappa shape index (κ3) is 3.74. The van der Waals surface area contributed by atoms with Crippen molar-refractivity contribution in [1.82, 2.24) is 24.5 Å². The van der Waals surface area contributed by atoms with Crippen LogP contribution < -0.4 is 0 Å². The minimum atomic E-state index is -0.0486. The summed E-state index contributed by atoms with van der Waals surface area (Å²) in [4.78, 5) is 32.1. The lowest BCUT2D eigenvalue weighted by molar-refractivity contribution is -0.139. The van der Waals surface area contributed by atoms with Crippen molar-refractivity contribution < 1.29 is 9.59 Å². The molecular weight excluding hydrogens is 378 g/mol. The van der Waals surface area contributed by atoms with Crippen molar-refractivity contribution in [2.75, 3.05) is 39.3 Å². The molecule has 0 N–H and O–H groups in total. The van der Waals surface area contributed by atoms with Gasteiger partial charge in [0, 0.05) is 63.3 Å². The fourth-order valence-corrected chi connectivity index (χ4v) is 4.69. The number of benzene rings is 1. The van der Waals surface area contributed by atoms with E-state index in [2.05, 4.69) is 10.00 Å². The van der Waals surface area contributed by atoms with Crippen LogP contribution in [0.4, 0.5) is 0 Å².